The van der Waals surface area contributed by atoms with Gasteiger partial charge in [0, 0.05) is 37.9 Å². The van der Waals surface area contributed by atoms with Crippen molar-refractivity contribution in [2.45, 2.75) is 32.4 Å². The van der Waals surface area contributed by atoms with E-state index in [9.17, 15) is 9.59 Å². The van der Waals surface area contributed by atoms with E-state index in [0.717, 1.165) is 24.1 Å². The van der Waals surface area contributed by atoms with Gasteiger partial charge in [-0.3, -0.25) is 9.59 Å². The third kappa shape index (κ3) is 4.09. The van der Waals surface area contributed by atoms with E-state index in [4.69, 9.17) is 0 Å². The zero-order valence-corrected chi connectivity index (χ0v) is 16.5. The molecule has 4 rings (SSSR count). The monoisotopic (exact) mass is 387 g/mol. The summed E-state index contributed by atoms with van der Waals surface area (Å²) in [5, 5.41) is 4.24. The molecule has 2 heterocycles. The second kappa shape index (κ2) is 8.35. The zero-order valence-electron chi connectivity index (χ0n) is 16.5. The fraction of sp³-hybridized carbons (Fsp3) is 0.250. The number of nitrogens with one attached hydrogen (secondary N) is 1. The highest BCUT2D eigenvalue weighted by molar-refractivity contribution is 5.82. The van der Waals surface area contributed by atoms with Gasteiger partial charge in [-0.15, -0.1) is 0 Å². The largest absolute Gasteiger partial charge is 0.356 e. The van der Waals surface area contributed by atoms with Crippen molar-refractivity contribution in [3.63, 3.8) is 0 Å². The average Bonchev–Trinajstić information content (AvgIpc) is 3.14. The van der Waals surface area contributed by atoms with E-state index in [2.05, 4.69) is 34.3 Å². The molecule has 5 heteroatoms. The van der Waals surface area contributed by atoms with E-state index >= 15 is 0 Å². The summed E-state index contributed by atoms with van der Waals surface area (Å²) in [6.45, 7) is 2.99. The van der Waals surface area contributed by atoms with Gasteiger partial charge >= 0.3 is 0 Å². The molecule has 1 aromatic heterocycles. The Kier molecular flexibility index (Phi) is 5.47. The summed E-state index contributed by atoms with van der Waals surface area (Å²) in [5.74, 6) is -0.100. The van der Waals surface area contributed by atoms with Crippen LogP contribution in [0.2, 0.25) is 0 Å². The van der Waals surface area contributed by atoms with Crippen LogP contribution in [0.5, 0.6) is 0 Å². The third-order valence-electron chi connectivity index (χ3n) is 5.43. The quantitative estimate of drug-likeness (QED) is 0.647. The molecule has 3 aromatic rings. The number of hydrogen-bond acceptors (Lipinski definition) is 2. The van der Waals surface area contributed by atoms with Crippen LogP contribution in [0, 0.1) is 0 Å². The molecule has 0 fully saturated rings. The van der Waals surface area contributed by atoms with Crippen LogP contribution in [0.1, 0.15) is 36.9 Å². The molecule has 0 spiro atoms. The summed E-state index contributed by atoms with van der Waals surface area (Å²) < 4.78 is 2.21. The topological polar surface area (TPSA) is 54.3 Å². The molecule has 1 aliphatic rings. The van der Waals surface area contributed by atoms with Crippen LogP contribution in [0.15, 0.2) is 67.0 Å². The van der Waals surface area contributed by atoms with Gasteiger partial charge in [0.05, 0.1) is 12.5 Å². The second-order valence-corrected chi connectivity index (χ2v) is 7.36. The highest BCUT2D eigenvalue weighted by atomic mass is 16.2. The Morgan fingerprint density at radius 2 is 1.83 bits per heavy atom. The Bertz CT molecular complexity index is 1070. The summed E-state index contributed by atoms with van der Waals surface area (Å²) in [7, 11) is 0. The zero-order chi connectivity index (χ0) is 20.2. The van der Waals surface area contributed by atoms with Crippen LogP contribution in [-0.2, 0) is 16.1 Å². The van der Waals surface area contributed by atoms with Crippen molar-refractivity contribution in [1.82, 2.24) is 14.8 Å². The molecule has 5 nitrogen and oxygen atoms in total. The highest BCUT2D eigenvalue weighted by Gasteiger charge is 2.27. The first-order valence-electron chi connectivity index (χ1n) is 10.00. The van der Waals surface area contributed by atoms with Crippen LogP contribution in [-0.4, -0.2) is 27.8 Å². The molecule has 0 bridgehead atoms. The van der Waals surface area contributed by atoms with Crippen LogP contribution in [0.25, 0.3) is 17.0 Å². The van der Waals surface area contributed by atoms with Gasteiger partial charge < -0.3 is 14.8 Å². The number of aryl methyl sites for hydroxylation is 1. The number of amides is 2. The molecule has 1 atom stereocenters. The molecule has 29 heavy (non-hydrogen) atoms. The first-order valence-corrected chi connectivity index (χ1v) is 10.00. The lowest BCUT2D eigenvalue weighted by Gasteiger charge is -2.32. The van der Waals surface area contributed by atoms with E-state index in [-0.39, 0.29) is 24.3 Å². The summed E-state index contributed by atoms with van der Waals surface area (Å²) in [4.78, 5) is 26.3. The lowest BCUT2D eigenvalue weighted by atomic mass is 9.93. The molecule has 0 aliphatic carbocycles. The Labute approximate surface area is 170 Å². The Hall–Kier alpha value is -3.34. The maximum absolute atomic E-state index is 12.6. The van der Waals surface area contributed by atoms with Crippen LogP contribution >= 0.6 is 0 Å². The first-order chi connectivity index (χ1) is 14.1. The van der Waals surface area contributed by atoms with E-state index in [1.807, 2.05) is 42.5 Å². The maximum atomic E-state index is 12.6. The SMILES string of the molecule is CC(=O)N1C=Cc2ccccc2C1CC(=O)NCCCn1ccc2ccccc21. The van der Waals surface area contributed by atoms with Gasteiger partial charge in [0.1, 0.15) is 0 Å². The lowest BCUT2D eigenvalue weighted by molar-refractivity contribution is -0.129. The van der Waals surface area contributed by atoms with Crippen molar-refractivity contribution >= 4 is 28.8 Å². The number of fused-ring (bicyclic) bond motifs is 2. The summed E-state index contributed by atoms with van der Waals surface area (Å²) in [6.07, 6.45) is 6.89. The fourth-order valence-electron chi connectivity index (χ4n) is 3.97. The van der Waals surface area contributed by atoms with Crippen molar-refractivity contribution in [2.75, 3.05) is 6.54 Å². The Balaban J connectivity index is 1.34. The lowest BCUT2D eigenvalue weighted by Crippen LogP contribution is -2.35. The first kappa shape index (κ1) is 19.0. The van der Waals surface area contributed by atoms with Crippen LogP contribution in [0.3, 0.4) is 0 Å². The van der Waals surface area contributed by atoms with Crippen molar-refractivity contribution < 1.29 is 9.59 Å². The molecular weight excluding hydrogens is 362 g/mol. The normalized spacial score (nSPS) is 15.3. The molecule has 148 valence electrons. The Morgan fingerprint density at radius 3 is 2.69 bits per heavy atom. The summed E-state index contributed by atoms with van der Waals surface area (Å²) in [6, 6.07) is 18.0. The molecule has 2 aromatic carbocycles. The van der Waals surface area contributed by atoms with Gasteiger partial charge in [0.15, 0.2) is 0 Å². The number of hydrogen-bond donors (Lipinski definition) is 1. The van der Waals surface area contributed by atoms with Gasteiger partial charge in [0.25, 0.3) is 0 Å². The average molecular weight is 387 g/mol. The van der Waals surface area contributed by atoms with E-state index in [0.29, 0.717) is 6.54 Å². The van der Waals surface area contributed by atoms with E-state index in [1.54, 1.807) is 11.1 Å². The van der Waals surface area contributed by atoms with Crippen molar-refractivity contribution in [3.8, 4) is 0 Å². The molecule has 1 aliphatic heterocycles. The third-order valence-corrected chi connectivity index (χ3v) is 5.43. The highest BCUT2D eigenvalue weighted by Crippen LogP contribution is 2.32. The van der Waals surface area contributed by atoms with Crippen LogP contribution in [0.4, 0.5) is 0 Å². The van der Waals surface area contributed by atoms with Crippen LogP contribution < -0.4 is 5.32 Å². The maximum Gasteiger partial charge on any atom is 0.223 e. The van der Waals surface area contributed by atoms with Gasteiger partial charge in [0.2, 0.25) is 11.8 Å². The minimum Gasteiger partial charge on any atom is -0.356 e. The van der Waals surface area contributed by atoms with Crippen molar-refractivity contribution in [1.29, 1.82) is 0 Å². The predicted octanol–water partition coefficient (Wildman–Crippen LogP) is 4.11. The minimum absolute atomic E-state index is 0.0382. The van der Waals surface area contributed by atoms with E-state index in [1.165, 1.54) is 17.8 Å². The van der Waals surface area contributed by atoms with E-state index < -0.39 is 0 Å². The van der Waals surface area contributed by atoms with Crippen molar-refractivity contribution in [2.24, 2.45) is 0 Å². The standard InChI is InChI=1S/C24H25N3O2/c1-18(28)27-16-12-19-7-2-4-9-21(19)23(27)17-24(29)25-13-6-14-26-15-11-20-8-3-5-10-22(20)26/h2-5,7-12,15-16,23H,6,13-14,17H2,1H3,(H,25,29). The van der Waals surface area contributed by atoms with Gasteiger partial charge in [-0.25, -0.2) is 0 Å². The molecule has 0 saturated heterocycles. The second-order valence-electron chi connectivity index (χ2n) is 7.36. The number of para-hydroxylation sites is 1. The Morgan fingerprint density at radius 1 is 1.03 bits per heavy atom. The van der Waals surface area contributed by atoms with Crippen molar-refractivity contribution in [3.05, 3.63) is 78.1 Å². The summed E-state index contributed by atoms with van der Waals surface area (Å²) >= 11 is 0. The minimum atomic E-state index is -0.262. The smallest absolute Gasteiger partial charge is 0.223 e. The number of benzene rings is 2. The number of nitrogens with zero attached hydrogens (tertiary/aromatic N) is 2. The van der Waals surface area contributed by atoms with Gasteiger partial charge in [-0.05, 0) is 41.1 Å². The molecular formula is C24H25N3O2. The predicted molar refractivity (Wildman–Crippen MR) is 115 cm³/mol. The fourth-order valence-corrected chi connectivity index (χ4v) is 3.97. The molecule has 0 radical (unpaired) electrons. The number of rotatable bonds is 6. The van der Waals surface area contributed by atoms with Gasteiger partial charge in [-0.2, -0.15) is 0 Å². The molecule has 2 amide bonds. The molecule has 0 saturated carbocycles. The number of carbonyl (C=O) groups is 2. The summed E-state index contributed by atoms with van der Waals surface area (Å²) in [5.41, 5.74) is 3.28. The number of aromatic nitrogens is 1. The molecule has 1 N–H and O–H groups in total. The molecule has 1 unspecified atom stereocenters. The van der Waals surface area contributed by atoms with Gasteiger partial charge in [-0.1, -0.05) is 42.5 Å². The number of carbonyl (C=O) groups excluding carboxylic acids is 2.